The number of carbonyl (C=O) groups excluding carboxylic acids is 2. The third kappa shape index (κ3) is 6.70. The molecule has 0 saturated heterocycles. The van der Waals surface area contributed by atoms with Gasteiger partial charge in [0.05, 0.1) is 21.0 Å². The molecule has 0 fully saturated rings. The van der Waals surface area contributed by atoms with Gasteiger partial charge in [-0.3, -0.25) is 19.0 Å². The molecule has 36 heavy (non-hydrogen) atoms. The van der Waals surface area contributed by atoms with Gasteiger partial charge < -0.3 is 15.4 Å². The van der Waals surface area contributed by atoms with Crippen LogP contribution in [0.3, 0.4) is 0 Å². The Hall–Kier alpha value is -3.70. The number of amides is 2. The predicted molar refractivity (Wildman–Crippen MR) is 135 cm³/mol. The Labute approximate surface area is 208 Å². The molecule has 2 N–H and O–H groups in total. The average Bonchev–Trinajstić information content (AvgIpc) is 2.78. The molecule has 8 nitrogen and oxygen atoms in total. The molecule has 3 aromatic rings. The van der Waals surface area contributed by atoms with Crippen molar-refractivity contribution in [2.24, 2.45) is 0 Å². The number of ether oxygens (including phenoxy) is 1. The number of aromatic nitrogens is 2. The molecule has 0 aliphatic rings. The van der Waals surface area contributed by atoms with Crippen molar-refractivity contribution in [2.45, 2.75) is 38.8 Å². The number of anilines is 1. The monoisotopic (exact) mass is 514 g/mol. The normalized spacial score (nSPS) is 12.2. The van der Waals surface area contributed by atoms with Crippen LogP contribution in [0.4, 0.5) is 14.5 Å². The average molecular weight is 515 g/mol. The van der Waals surface area contributed by atoms with Crippen molar-refractivity contribution >= 4 is 30.8 Å². The fourth-order valence-corrected chi connectivity index (χ4v) is 5.29. The van der Waals surface area contributed by atoms with Crippen molar-refractivity contribution in [3.63, 3.8) is 0 Å². The summed E-state index contributed by atoms with van der Waals surface area (Å²) in [5.74, 6) is -2.80. The van der Waals surface area contributed by atoms with Gasteiger partial charge in [0.15, 0.2) is 0 Å². The van der Waals surface area contributed by atoms with Crippen molar-refractivity contribution < 1.29 is 23.1 Å². The predicted octanol–water partition coefficient (Wildman–Crippen LogP) is 2.71. The quantitative estimate of drug-likeness (QED) is 0.428. The van der Waals surface area contributed by atoms with Gasteiger partial charge >= 0.3 is 0 Å². The van der Waals surface area contributed by atoms with Gasteiger partial charge in [-0.2, -0.15) is 0 Å². The van der Waals surface area contributed by atoms with Gasteiger partial charge in [-0.25, -0.2) is 13.8 Å². The smallest absolute Gasteiger partial charge is 0.253 e. The molecule has 0 aliphatic carbocycles. The Bertz CT molecular complexity index is 1280. The number of carbonyl (C=O) groups is 2. The summed E-state index contributed by atoms with van der Waals surface area (Å²) < 4.78 is 35.6. The molecule has 1 aromatic heterocycles. The van der Waals surface area contributed by atoms with E-state index >= 15 is 0 Å². The third-order valence-electron chi connectivity index (χ3n) is 5.36. The molecular weight excluding hydrogens is 486 g/mol. The van der Waals surface area contributed by atoms with E-state index in [0.717, 1.165) is 22.3 Å². The van der Waals surface area contributed by atoms with Gasteiger partial charge in [-0.15, -0.1) is 0 Å². The molecule has 0 bridgehead atoms. The first-order valence-corrected chi connectivity index (χ1v) is 14.7. The minimum atomic E-state index is -2.30. The summed E-state index contributed by atoms with van der Waals surface area (Å²) in [4.78, 5) is 41.7. The lowest BCUT2D eigenvalue weighted by Crippen LogP contribution is -2.43. The fraction of sp³-hybridized carbons (Fsp3) is 0.280. The molecule has 0 radical (unpaired) electrons. The van der Waals surface area contributed by atoms with Crippen LogP contribution in [0, 0.1) is 11.6 Å². The zero-order valence-electron chi connectivity index (χ0n) is 20.5. The topological polar surface area (TPSA) is 102 Å². The Kier molecular flexibility index (Phi) is 8.48. The van der Waals surface area contributed by atoms with Gasteiger partial charge in [0.2, 0.25) is 5.91 Å². The van der Waals surface area contributed by atoms with Crippen LogP contribution in [-0.2, 0) is 27.5 Å². The van der Waals surface area contributed by atoms with Crippen LogP contribution < -0.4 is 21.4 Å². The molecular formula is C25H28F2N4O4Si. The summed E-state index contributed by atoms with van der Waals surface area (Å²) in [6, 6.07) is 8.91. The molecule has 0 unspecified atom stereocenters. The van der Waals surface area contributed by atoms with Crippen LogP contribution in [0.25, 0.3) is 0 Å². The maximum absolute atomic E-state index is 14.7. The minimum absolute atomic E-state index is 0.0426. The van der Waals surface area contributed by atoms with E-state index in [0.29, 0.717) is 12.2 Å². The molecule has 2 aromatic carbocycles. The van der Waals surface area contributed by atoms with E-state index in [1.807, 2.05) is 19.6 Å². The lowest BCUT2D eigenvalue weighted by atomic mass is 10.0. The number of benzene rings is 2. The Morgan fingerprint density at radius 2 is 1.72 bits per heavy atom. The zero-order chi connectivity index (χ0) is 26.5. The van der Waals surface area contributed by atoms with E-state index < -0.39 is 43.1 Å². The van der Waals surface area contributed by atoms with Gasteiger partial charge in [0, 0.05) is 30.2 Å². The lowest BCUT2D eigenvalue weighted by Gasteiger charge is -2.21. The second kappa shape index (κ2) is 11.4. The van der Waals surface area contributed by atoms with Crippen LogP contribution in [0.5, 0.6) is 0 Å². The summed E-state index contributed by atoms with van der Waals surface area (Å²) in [7, 11) is -0.747. The highest BCUT2D eigenvalue weighted by atomic mass is 28.3. The lowest BCUT2D eigenvalue weighted by molar-refractivity contribution is -0.127. The Morgan fingerprint density at radius 3 is 2.28 bits per heavy atom. The number of hydrogen-bond donors (Lipinski definition) is 2. The number of rotatable bonds is 9. The van der Waals surface area contributed by atoms with Crippen molar-refractivity contribution in [3.8, 4) is 0 Å². The molecule has 11 heteroatoms. The van der Waals surface area contributed by atoms with Crippen LogP contribution in [-0.4, -0.2) is 36.5 Å². The van der Waals surface area contributed by atoms with E-state index in [2.05, 4.69) is 15.6 Å². The van der Waals surface area contributed by atoms with Gasteiger partial charge in [-0.1, -0.05) is 43.9 Å². The van der Waals surface area contributed by atoms with E-state index in [-0.39, 0.29) is 17.4 Å². The maximum atomic E-state index is 14.7. The minimum Gasteiger partial charge on any atom is -0.380 e. The standard InChI is InChI=1S/C25H28F2N4O4Si/c1-35-14-16-5-7-17(8-6-16)23(30-21(32)13-31-15-28-10-9-22(31)33)25(34)29-18-11-19(26)24(20(27)12-18)36(2,3)4/h5-12,15,23H,13-14H2,1-4H3,(H,29,34)(H,30,32)/t23-/m1/s1. The van der Waals surface area contributed by atoms with Crippen molar-refractivity contribution in [1.29, 1.82) is 0 Å². The van der Waals surface area contributed by atoms with E-state index in [4.69, 9.17) is 4.74 Å². The zero-order valence-corrected chi connectivity index (χ0v) is 21.5. The van der Waals surface area contributed by atoms with Crippen LogP contribution in [0.15, 0.2) is 59.8 Å². The number of nitrogens with one attached hydrogen (secondary N) is 2. The summed E-state index contributed by atoms with van der Waals surface area (Å²) in [5, 5.41) is 5.14. The van der Waals surface area contributed by atoms with Gasteiger partial charge in [0.25, 0.3) is 11.5 Å². The van der Waals surface area contributed by atoms with Gasteiger partial charge in [-0.05, 0) is 23.3 Å². The van der Waals surface area contributed by atoms with Crippen LogP contribution in [0.2, 0.25) is 19.6 Å². The van der Waals surface area contributed by atoms with Crippen molar-refractivity contribution in [2.75, 3.05) is 12.4 Å². The highest BCUT2D eigenvalue weighted by Crippen LogP contribution is 2.20. The Balaban J connectivity index is 1.88. The number of methoxy groups -OCH3 is 1. The maximum Gasteiger partial charge on any atom is 0.253 e. The Morgan fingerprint density at radius 1 is 1.08 bits per heavy atom. The summed E-state index contributed by atoms with van der Waals surface area (Å²) in [5.41, 5.74) is 0.771. The number of halogens is 2. The molecule has 0 aliphatic heterocycles. The molecule has 0 spiro atoms. The molecule has 1 heterocycles. The molecule has 190 valence electrons. The molecule has 0 saturated carbocycles. The van der Waals surface area contributed by atoms with E-state index in [1.165, 1.54) is 18.6 Å². The second-order valence-electron chi connectivity index (χ2n) is 9.28. The largest absolute Gasteiger partial charge is 0.380 e. The first kappa shape index (κ1) is 26.9. The number of nitrogens with zero attached hydrogens (tertiary/aromatic N) is 2. The van der Waals surface area contributed by atoms with Crippen LogP contribution in [0.1, 0.15) is 17.2 Å². The SMILES string of the molecule is COCc1ccc([C@@H](NC(=O)Cn2cnccc2=O)C(=O)Nc2cc(F)c([Si](C)(C)C)c(F)c2)cc1. The molecule has 1 atom stereocenters. The van der Waals surface area contributed by atoms with Crippen molar-refractivity contribution in [3.05, 3.63) is 88.1 Å². The highest BCUT2D eigenvalue weighted by molar-refractivity contribution is 6.88. The highest BCUT2D eigenvalue weighted by Gasteiger charge is 2.27. The fourth-order valence-electron chi connectivity index (χ4n) is 3.71. The first-order chi connectivity index (χ1) is 17.0. The van der Waals surface area contributed by atoms with Crippen LogP contribution >= 0.6 is 0 Å². The summed E-state index contributed by atoms with van der Waals surface area (Å²) in [6.45, 7) is 5.44. The molecule has 3 rings (SSSR count). The summed E-state index contributed by atoms with van der Waals surface area (Å²) >= 11 is 0. The van der Waals surface area contributed by atoms with Gasteiger partial charge in [0.1, 0.15) is 24.2 Å². The van der Waals surface area contributed by atoms with E-state index in [1.54, 1.807) is 31.4 Å². The second-order valence-corrected chi connectivity index (χ2v) is 14.3. The van der Waals surface area contributed by atoms with E-state index in [9.17, 15) is 23.2 Å². The first-order valence-electron chi connectivity index (χ1n) is 11.2. The van der Waals surface area contributed by atoms with Crippen molar-refractivity contribution in [1.82, 2.24) is 14.9 Å². The third-order valence-corrected chi connectivity index (χ3v) is 7.34. The number of hydrogen-bond acceptors (Lipinski definition) is 5. The summed E-state index contributed by atoms with van der Waals surface area (Å²) in [6.07, 6.45) is 2.52. The molecule has 2 amide bonds.